The third-order valence-corrected chi connectivity index (χ3v) is 4.11. The minimum atomic E-state index is -0.770. The summed E-state index contributed by atoms with van der Waals surface area (Å²) < 4.78 is 39.9. The molecule has 5 rings (SSSR count). The van der Waals surface area contributed by atoms with Crippen LogP contribution in [-0.2, 0) is 0 Å². The van der Waals surface area contributed by atoms with Crippen molar-refractivity contribution in [2.45, 2.75) is 0 Å². The summed E-state index contributed by atoms with van der Waals surface area (Å²) in [6, 6.07) is 16.3. The fourth-order valence-electron chi connectivity index (χ4n) is 2.85. The van der Waals surface area contributed by atoms with E-state index in [4.69, 9.17) is 8.83 Å². The van der Waals surface area contributed by atoms with Gasteiger partial charge in [-0.1, -0.05) is 24.3 Å². The molecule has 0 N–H and O–H groups in total. The molecule has 0 saturated heterocycles. The molecule has 2 heterocycles. The lowest BCUT2D eigenvalue weighted by molar-refractivity contribution is 0.565. The van der Waals surface area contributed by atoms with E-state index in [1.54, 1.807) is 48.5 Å². The van der Waals surface area contributed by atoms with Gasteiger partial charge in [-0.2, -0.15) is 0 Å². The van der Waals surface area contributed by atoms with Crippen molar-refractivity contribution < 1.29 is 17.6 Å². The van der Waals surface area contributed by atoms with E-state index in [-0.39, 0.29) is 22.9 Å². The zero-order valence-electron chi connectivity index (χ0n) is 13.2. The van der Waals surface area contributed by atoms with Gasteiger partial charge in [0.15, 0.2) is 11.2 Å². The number of hydrogen-bond acceptors (Lipinski definition) is 4. The van der Waals surface area contributed by atoms with Gasteiger partial charge in [0, 0.05) is 6.07 Å². The zero-order valence-corrected chi connectivity index (χ0v) is 13.2. The Morgan fingerprint density at radius 3 is 1.54 bits per heavy atom. The van der Waals surface area contributed by atoms with Crippen molar-refractivity contribution in [3.63, 3.8) is 0 Å². The molecule has 0 unspecified atom stereocenters. The van der Waals surface area contributed by atoms with Crippen molar-refractivity contribution in [1.29, 1.82) is 0 Å². The highest BCUT2D eigenvalue weighted by Gasteiger charge is 2.20. The van der Waals surface area contributed by atoms with E-state index in [2.05, 4.69) is 9.97 Å². The van der Waals surface area contributed by atoms with E-state index in [9.17, 15) is 8.78 Å². The highest BCUT2D eigenvalue weighted by atomic mass is 19.1. The predicted molar refractivity (Wildman–Crippen MR) is 92.4 cm³/mol. The van der Waals surface area contributed by atoms with Gasteiger partial charge in [0.25, 0.3) is 0 Å². The molecule has 0 atom stereocenters. The predicted octanol–water partition coefficient (Wildman–Crippen LogP) is 5.58. The Labute approximate surface area is 145 Å². The Balaban J connectivity index is 1.70. The second-order valence-electron chi connectivity index (χ2n) is 5.79. The molecule has 0 aliphatic carbocycles. The highest BCUT2D eigenvalue weighted by Crippen LogP contribution is 2.33. The summed E-state index contributed by atoms with van der Waals surface area (Å²) in [6.07, 6.45) is 0. The maximum Gasteiger partial charge on any atom is 0.230 e. The van der Waals surface area contributed by atoms with Gasteiger partial charge in [0.05, 0.1) is 11.1 Å². The molecular formula is C20H10F2N2O2. The van der Waals surface area contributed by atoms with Gasteiger partial charge in [0.2, 0.25) is 11.8 Å². The number of aromatic nitrogens is 2. The van der Waals surface area contributed by atoms with Gasteiger partial charge in [-0.05, 0) is 30.3 Å². The molecule has 2 aromatic heterocycles. The summed E-state index contributed by atoms with van der Waals surface area (Å²) in [6.45, 7) is 0. The molecule has 6 heteroatoms. The van der Waals surface area contributed by atoms with Crippen molar-refractivity contribution in [2.75, 3.05) is 0 Å². The second-order valence-corrected chi connectivity index (χ2v) is 5.79. The Morgan fingerprint density at radius 2 is 1.08 bits per heavy atom. The van der Waals surface area contributed by atoms with Crippen molar-refractivity contribution in [2.24, 2.45) is 0 Å². The number of benzene rings is 3. The van der Waals surface area contributed by atoms with Crippen molar-refractivity contribution in [3.8, 4) is 22.9 Å². The quantitative estimate of drug-likeness (QED) is 0.418. The fraction of sp³-hybridized carbons (Fsp3) is 0. The maximum absolute atomic E-state index is 14.4. The minimum absolute atomic E-state index is 0.0415. The summed E-state index contributed by atoms with van der Waals surface area (Å²) in [7, 11) is 0. The lowest BCUT2D eigenvalue weighted by Crippen LogP contribution is -1.92. The van der Waals surface area contributed by atoms with E-state index < -0.39 is 11.6 Å². The van der Waals surface area contributed by atoms with Crippen molar-refractivity contribution in [3.05, 3.63) is 72.3 Å². The van der Waals surface area contributed by atoms with Crippen LogP contribution in [-0.4, -0.2) is 9.97 Å². The van der Waals surface area contributed by atoms with Crippen LogP contribution in [0.5, 0.6) is 0 Å². The van der Waals surface area contributed by atoms with E-state index >= 15 is 0 Å². The molecule has 26 heavy (non-hydrogen) atoms. The topological polar surface area (TPSA) is 52.1 Å². The molecule has 0 radical (unpaired) electrons. The standard InChI is InChI=1S/C20H10F2N2O2/c21-13-10-14(22)12(20-24-16-6-2-4-8-18(16)26-20)9-11(13)19-23-15-5-1-3-7-17(15)25-19/h1-10H. The Hall–Kier alpha value is -3.54. The van der Waals surface area contributed by atoms with Crippen LogP contribution in [0.1, 0.15) is 0 Å². The molecule has 0 aliphatic rings. The Morgan fingerprint density at radius 1 is 0.615 bits per heavy atom. The van der Waals surface area contributed by atoms with E-state index in [1.807, 2.05) is 0 Å². The summed E-state index contributed by atoms with van der Waals surface area (Å²) in [4.78, 5) is 8.54. The second kappa shape index (κ2) is 5.49. The fourth-order valence-corrected chi connectivity index (χ4v) is 2.85. The molecule has 0 bridgehead atoms. The van der Waals surface area contributed by atoms with Crippen LogP contribution in [0.2, 0.25) is 0 Å². The van der Waals surface area contributed by atoms with Crippen LogP contribution < -0.4 is 0 Å². The first kappa shape index (κ1) is 14.8. The van der Waals surface area contributed by atoms with Crippen molar-refractivity contribution in [1.82, 2.24) is 9.97 Å². The molecular weight excluding hydrogens is 338 g/mol. The molecule has 0 fully saturated rings. The first-order valence-corrected chi connectivity index (χ1v) is 7.90. The first-order chi connectivity index (χ1) is 12.7. The number of para-hydroxylation sites is 4. The molecule has 4 nitrogen and oxygen atoms in total. The summed E-state index contributed by atoms with van der Waals surface area (Å²) in [5.74, 6) is -1.40. The summed E-state index contributed by atoms with van der Waals surface area (Å²) in [5, 5.41) is 0. The van der Waals surface area contributed by atoms with E-state index in [1.165, 1.54) is 6.07 Å². The number of oxazole rings is 2. The molecule has 126 valence electrons. The number of nitrogens with zero attached hydrogens (tertiary/aromatic N) is 2. The zero-order chi connectivity index (χ0) is 17.7. The third-order valence-electron chi connectivity index (χ3n) is 4.11. The molecule has 3 aromatic carbocycles. The Kier molecular flexibility index (Phi) is 3.12. The normalized spacial score (nSPS) is 11.5. The SMILES string of the molecule is Fc1cc(F)c(-c2nc3ccccc3o2)cc1-c1nc2ccccc2o1. The smallest absolute Gasteiger partial charge is 0.230 e. The lowest BCUT2D eigenvalue weighted by Gasteiger charge is -2.03. The van der Waals surface area contributed by atoms with Gasteiger partial charge in [0.1, 0.15) is 22.7 Å². The molecule has 0 amide bonds. The van der Waals surface area contributed by atoms with Gasteiger partial charge >= 0.3 is 0 Å². The van der Waals surface area contributed by atoms with Gasteiger partial charge in [-0.15, -0.1) is 0 Å². The van der Waals surface area contributed by atoms with Gasteiger partial charge in [-0.25, -0.2) is 18.7 Å². The van der Waals surface area contributed by atoms with Gasteiger partial charge in [-0.3, -0.25) is 0 Å². The lowest BCUT2D eigenvalue weighted by atomic mass is 10.1. The Bertz CT molecular complexity index is 1110. The number of fused-ring (bicyclic) bond motifs is 2. The van der Waals surface area contributed by atoms with Crippen LogP contribution in [0, 0.1) is 11.6 Å². The monoisotopic (exact) mass is 348 g/mol. The summed E-state index contributed by atoms with van der Waals surface area (Å²) in [5.41, 5.74) is 2.31. The third kappa shape index (κ3) is 2.27. The number of hydrogen-bond donors (Lipinski definition) is 0. The van der Waals surface area contributed by atoms with Crippen LogP contribution in [0.3, 0.4) is 0 Å². The highest BCUT2D eigenvalue weighted by molar-refractivity contribution is 5.79. The van der Waals surface area contributed by atoms with Crippen LogP contribution in [0.4, 0.5) is 8.78 Å². The maximum atomic E-state index is 14.4. The van der Waals surface area contributed by atoms with Crippen LogP contribution >= 0.6 is 0 Å². The van der Waals surface area contributed by atoms with Gasteiger partial charge < -0.3 is 8.83 Å². The summed E-state index contributed by atoms with van der Waals surface area (Å²) >= 11 is 0. The van der Waals surface area contributed by atoms with E-state index in [0.29, 0.717) is 22.2 Å². The average molecular weight is 348 g/mol. The van der Waals surface area contributed by atoms with Crippen molar-refractivity contribution >= 4 is 22.2 Å². The molecule has 0 saturated carbocycles. The average Bonchev–Trinajstić information content (AvgIpc) is 3.25. The minimum Gasteiger partial charge on any atom is -0.436 e. The van der Waals surface area contributed by atoms with Crippen LogP contribution in [0.25, 0.3) is 45.1 Å². The largest absolute Gasteiger partial charge is 0.436 e. The van der Waals surface area contributed by atoms with E-state index in [0.717, 1.165) is 6.07 Å². The number of rotatable bonds is 2. The van der Waals surface area contributed by atoms with Crippen LogP contribution in [0.15, 0.2) is 69.5 Å². The molecule has 5 aromatic rings. The first-order valence-electron chi connectivity index (χ1n) is 7.90. The molecule has 0 spiro atoms. The molecule has 0 aliphatic heterocycles. The number of halogens is 2.